The van der Waals surface area contributed by atoms with Crippen molar-refractivity contribution >= 4 is 28.0 Å². The molecule has 7 heteroatoms. The highest BCUT2D eigenvalue weighted by molar-refractivity contribution is 7.90. The van der Waals surface area contributed by atoms with Crippen molar-refractivity contribution in [1.29, 1.82) is 0 Å². The molecule has 1 aromatic carbocycles. The first-order chi connectivity index (χ1) is 9.88. The van der Waals surface area contributed by atoms with E-state index >= 15 is 0 Å². The molecule has 0 spiro atoms. The van der Waals surface area contributed by atoms with E-state index in [9.17, 15) is 13.2 Å². The van der Waals surface area contributed by atoms with Crippen molar-refractivity contribution in [3.05, 3.63) is 58.4 Å². The summed E-state index contributed by atoms with van der Waals surface area (Å²) in [6.07, 6.45) is 2.81. The molecule has 1 aromatic heterocycles. The number of hydrogen-bond acceptors (Lipinski definition) is 4. The maximum atomic E-state index is 12.0. The molecule has 0 saturated heterocycles. The first kappa shape index (κ1) is 15.4. The van der Waals surface area contributed by atoms with Gasteiger partial charge in [-0.3, -0.25) is 4.79 Å². The van der Waals surface area contributed by atoms with Gasteiger partial charge in [-0.1, -0.05) is 24.4 Å². The Balaban J connectivity index is 2.05. The van der Waals surface area contributed by atoms with Crippen molar-refractivity contribution in [2.75, 3.05) is 6.26 Å². The van der Waals surface area contributed by atoms with Gasteiger partial charge in [0.2, 0.25) is 0 Å². The van der Waals surface area contributed by atoms with Crippen LogP contribution in [0.4, 0.5) is 0 Å². The summed E-state index contributed by atoms with van der Waals surface area (Å²) in [6.45, 7) is 0.298. The third-order valence-electron chi connectivity index (χ3n) is 2.87. The smallest absolute Gasteiger partial charge is 0.254 e. The van der Waals surface area contributed by atoms with Crippen LogP contribution in [0.1, 0.15) is 15.9 Å². The molecule has 1 amide bonds. The number of rotatable bonds is 4. The molecule has 0 fully saturated rings. The summed E-state index contributed by atoms with van der Waals surface area (Å²) in [5.74, 6) is -0.274. The van der Waals surface area contributed by atoms with Gasteiger partial charge in [-0.2, -0.15) is 0 Å². The van der Waals surface area contributed by atoms with E-state index in [-0.39, 0.29) is 10.8 Å². The summed E-state index contributed by atoms with van der Waals surface area (Å²) in [5.41, 5.74) is 1.21. The van der Waals surface area contributed by atoms with E-state index in [1.807, 2.05) is 0 Å². The van der Waals surface area contributed by atoms with E-state index in [0.29, 0.717) is 16.7 Å². The lowest BCUT2D eigenvalue weighted by molar-refractivity contribution is 0.0950. The average molecular weight is 322 g/mol. The zero-order chi connectivity index (χ0) is 15.5. The maximum Gasteiger partial charge on any atom is 0.254 e. The fraction of sp³-hybridized carbons (Fsp3) is 0.143. The summed E-state index contributed by atoms with van der Waals surface area (Å²) in [6, 6.07) is 9.72. The summed E-state index contributed by atoms with van der Waals surface area (Å²) < 4.78 is 23.1. The summed E-state index contributed by atoms with van der Waals surface area (Å²) in [4.78, 5) is 15.0. The van der Waals surface area contributed by atoms with Crippen LogP contribution in [0.15, 0.2) is 47.5 Å². The number of carbonyl (C=O) groups is 1. The molecule has 0 aliphatic carbocycles. The van der Waals surface area contributed by atoms with Crippen LogP contribution in [-0.4, -0.2) is 25.6 Å². The van der Waals surface area contributed by atoms with Gasteiger partial charge in [-0.15, -0.1) is 0 Å². The predicted molar refractivity (Wildman–Crippen MR) is 82.3 cm³/mol. The van der Waals surface area contributed by atoms with E-state index in [1.165, 1.54) is 12.1 Å². The van der Waals surface area contributed by atoms with E-state index in [2.05, 4.69) is 10.3 Å². The molecular formula is C14H14N2O3S2. The van der Waals surface area contributed by atoms with Crippen molar-refractivity contribution in [2.24, 2.45) is 0 Å². The minimum absolute atomic E-state index is 0.253. The Kier molecular flexibility index (Phi) is 4.54. The zero-order valence-corrected chi connectivity index (χ0v) is 12.9. The molecule has 1 heterocycles. The van der Waals surface area contributed by atoms with Crippen LogP contribution in [0.5, 0.6) is 0 Å². The minimum atomic E-state index is -3.20. The number of sulfone groups is 1. The van der Waals surface area contributed by atoms with Crippen molar-refractivity contribution in [3.8, 4) is 0 Å². The first-order valence-electron chi connectivity index (χ1n) is 6.13. The number of H-pyrrole nitrogens is 1. The monoisotopic (exact) mass is 322 g/mol. The fourth-order valence-electron chi connectivity index (χ4n) is 1.73. The van der Waals surface area contributed by atoms with Crippen molar-refractivity contribution in [1.82, 2.24) is 10.3 Å². The quantitative estimate of drug-likeness (QED) is 0.845. The van der Waals surface area contributed by atoms with Gasteiger partial charge >= 0.3 is 0 Å². The molecule has 0 radical (unpaired) electrons. The van der Waals surface area contributed by atoms with E-state index in [4.69, 9.17) is 12.2 Å². The van der Waals surface area contributed by atoms with Crippen LogP contribution in [0.25, 0.3) is 0 Å². The number of aromatic nitrogens is 1. The van der Waals surface area contributed by atoms with Gasteiger partial charge in [-0.05, 0) is 29.8 Å². The molecule has 2 rings (SSSR count). The Morgan fingerprint density at radius 1 is 1.24 bits per heavy atom. The Hall–Kier alpha value is -1.99. The molecule has 0 saturated carbocycles. The summed E-state index contributed by atoms with van der Waals surface area (Å²) >= 11 is 5.03. The van der Waals surface area contributed by atoms with Gasteiger partial charge < -0.3 is 10.3 Å². The van der Waals surface area contributed by atoms with E-state index < -0.39 is 9.84 Å². The second-order valence-corrected chi connectivity index (χ2v) is 6.94. The second-order valence-electron chi connectivity index (χ2n) is 4.51. The molecule has 0 aliphatic rings. The molecule has 0 aliphatic heterocycles. The Labute approximate surface area is 127 Å². The highest BCUT2D eigenvalue weighted by Gasteiger charge is 2.08. The van der Waals surface area contributed by atoms with Crippen LogP contribution >= 0.6 is 12.2 Å². The summed E-state index contributed by atoms with van der Waals surface area (Å²) in [5, 5.41) is 2.74. The predicted octanol–water partition coefficient (Wildman–Crippen LogP) is 2.08. The van der Waals surface area contributed by atoms with Crippen LogP contribution in [-0.2, 0) is 16.4 Å². The Morgan fingerprint density at radius 2 is 1.90 bits per heavy atom. The lowest BCUT2D eigenvalue weighted by atomic mass is 10.2. The number of aromatic amines is 1. The molecule has 5 nitrogen and oxygen atoms in total. The van der Waals surface area contributed by atoms with Crippen LogP contribution in [0.2, 0.25) is 0 Å². The van der Waals surface area contributed by atoms with E-state index in [0.717, 1.165) is 11.8 Å². The number of nitrogens with one attached hydrogen (secondary N) is 2. The lowest BCUT2D eigenvalue weighted by Crippen LogP contribution is -2.23. The standard InChI is InChI=1S/C14H14N2O3S2/c1-21(18,19)11-6-4-10(5-7-11)9-16-13(17)12-3-2-8-15-14(12)20/h2-8H,9H2,1H3,(H,15,20)(H,16,17). The van der Waals surface area contributed by atoms with Crippen molar-refractivity contribution < 1.29 is 13.2 Å². The third-order valence-corrected chi connectivity index (χ3v) is 4.33. The Morgan fingerprint density at radius 3 is 2.48 bits per heavy atom. The molecule has 0 unspecified atom stereocenters. The number of carbonyl (C=O) groups excluding carboxylic acids is 1. The van der Waals surface area contributed by atoms with Gasteiger partial charge in [0.15, 0.2) is 9.84 Å². The van der Waals surface area contributed by atoms with Crippen LogP contribution < -0.4 is 5.32 Å². The van der Waals surface area contributed by atoms with Gasteiger partial charge in [0.05, 0.1) is 10.5 Å². The number of hydrogen-bond donors (Lipinski definition) is 2. The maximum absolute atomic E-state index is 12.0. The number of benzene rings is 1. The average Bonchev–Trinajstić information content (AvgIpc) is 2.45. The molecule has 2 N–H and O–H groups in total. The number of amides is 1. The molecule has 21 heavy (non-hydrogen) atoms. The molecular weight excluding hydrogens is 308 g/mol. The fourth-order valence-corrected chi connectivity index (χ4v) is 2.59. The largest absolute Gasteiger partial charge is 0.352 e. The minimum Gasteiger partial charge on any atom is -0.352 e. The van der Waals surface area contributed by atoms with Gasteiger partial charge in [-0.25, -0.2) is 8.42 Å². The highest BCUT2D eigenvalue weighted by Crippen LogP contribution is 2.10. The summed E-state index contributed by atoms with van der Waals surface area (Å²) in [7, 11) is -3.20. The molecule has 0 atom stereocenters. The first-order valence-corrected chi connectivity index (χ1v) is 8.43. The zero-order valence-electron chi connectivity index (χ0n) is 11.3. The van der Waals surface area contributed by atoms with Gasteiger partial charge in [0.1, 0.15) is 4.64 Å². The molecule has 0 bridgehead atoms. The van der Waals surface area contributed by atoms with Crippen molar-refractivity contribution in [2.45, 2.75) is 11.4 Å². The third kappa shape index (κ3) is 3.99. The Bertz CT molecular complexity index is 809. The molecule has 110 valence electrons. The van der Waals surface area contributed by atoms with Gasteiger partial charge in [0.25, 0.3) is 5.91 Å². The van der Waals surface area contributed by atoms with E-state index in [1.54, 1.807) is 30.5 Å². The lowest BCUT2D eigenvalue weighted by Gasteiger charge is -2.06. The highest BCUT2D eigenvalue weighted by atomic mass is 32.2. The topological polar surface area (TPSA) is 79.0 Å². The molecule has 2 aromatic rings. The van der Waals surface area contributed by atoms with Crippen LogP contribution in [0, 0.1) is 4.64 Å². The van der Waals surface area contributed by atoms with Crippen molar-refractivity contribution in [3.63, 3.8) is 0 Å². The van der Waals surface area contributed by atoms with Crippen LogP contribution in [0.3, 0.4) is 0 Å². The van der Waals surface area contributed by atoms with Gasteiger partial charge in [0, 0.05) is 19.0 Å². The SMILES string of the molecule is CS(=O)(=O)c1ccc(CNC(=O)c2ccc[nH]c2=S)cc1. The number of pyridine rings is 1. The second kappa shape index (κ2) is 6.19. The normalized spacial score (nSPS) is 11.1.